The van der Waals surface area contributed by atoms with Gasteiger partial charge < -0.3 is 105 Å². The van der Waals surface area contributed by atoms with E-state index in [1.807, 2.05) is 0 Å². The van der Waals surface area contributed by atoms with Crippen LogP contribution in [0.25, 0.3) is 0 Å². The first-order valence-electron chi connectivity index (χ1n) is 15.1. The fraction of sp³-hybridized carbons (Fsp3) is 0.962. The van der Waals surface area contributed by atoms with Crippen molar-refractivity contribution in [3.05, 3.63) is 0 Å². The molecule has 0 aromatic carbocycles. The van der Waals surface area contributed by atoms with Crippen LogP contribution in [0.2, 0.25) is 0 Å². The largest absolute Gasteiger partial charge is 0.394 e. The van der Waals surface area contributed by atoms with Crippen molar-refractivity contribution in [2.75, 3.05) is 26.4 Å². The Morgan fingerprint density at radius 2 is 0.896 bits per heavy atom. The lowest BCUT2D eigenvalue weighted by atomic mass is 9.94. The Hall–Kier alpha value is -1.33. The summed E-state index contributed by atoms with van der Waals surface area (Å²) in [6.07, 6.45) is -33.9. The van der Waals surface area contributed by atoms with E-state index in [1.165, 1.54) is 0 Å². The van der Waals surface area contributed by atoms with Gasteiger partial charge in [0.1, 0.15) is 97.6 Å². The maximum absolute atomic E-state index is 12.3. The van der Waals surface area contributed by atoms with Crippen LogP contribution >= 0.6 is 0 Å². The highest BCUT2D eigenvalue weighted by atomic mass is 16.8. The average molecular weight is 708 g/mol. The molecule has 0 radical (unpaired) electrons. The first-order valence-corrected chi connectivity index (χ1v) is 15.1. The molecule has 0 saturated carbocycles. The quantitative estimate of drug-likeness (QED) is 0.0947. The minimum atomic E-state index is -2.06. The number of aliphatic hydroxyl groups excluding tert-OH is 13. The normalized spacial score (nSPS) is 50.2. The van der Waals surface area contributed by atoms with E-state index in [4.69, 9.17) is 33.2 Å². The summed E-state index contributed by atoms with van der Waals surface area (Å²) < 4.78 is 38.5. The Morgan fingerprint density at radius 3 is 1.42 bits per heavy atom. The number of hydrogen-bond donors (Lipinski definition) is 14. The summed E-state index contributed by atoms with van der Waals surface area (Å²) >= 11 is 0. The van der Waals surface area contributed by atoms with Gasteiger partial charge in [0.25, 0.3) is 0 Å². The lowest BCUT2D eigenvalue weighted by Gasteiger charge is -2.50. The van der Waals surface area contributed by atoms with Crippen molar-refractivity contribution in [2.24, 2.45) is 0 Å². The third-order valence-electron chi connectivity index (χ3n) is 8.61. The van der Waals surface area contributed by atoms with Crippen LogP contribution in [0.3, 0.4) is 0 Å². The van der Waals surface area contributed by atoms with Crippen LogP contribution in [-0.2, 0) is 38.0 Å². The first-order chi connectivity index (χ1) is 22.7. The molecule has 48 heavy (non-hydrogen) atoms. The standard InChI is InChI=1S/C26H45NO21/c1-6(32)27-11-20(13(34)9(4-30)43-24(11)47-21-14(35)8(3-29)42-23(41)18(21)39)46-26-19(40)22(15(36)10(5-31)45-26)48-25-17(38)16(37)12(33)7(2-28)44-25/h7-26,28-31,33-41H,2-5H2,1H3,(H,27,32)/t7-,8-,9-,10-,11-,12+,13-,14+,15+,16+,17-,18-,19-,20-,21+,22+,23?,24+,25-,26+/m1/s1. The highest BCUT2D eigenvalue weighted by Gasteiger charge is 2.55. The molecular weight excluding hydrogens is 662 g/mol. The summed E-state index contributed by atoms with van der Waals surface area (Å²) in [4.78, 5) is 12.3. The molecule has 0 aromatic heterocycles. The molecule has 0 aliphatic carbocycles. The third kappa shape index (κ3) is 8.08. The summed E-state index contributed by atoms with van der Waals surface area (Å²) in [7, 11) is 0. The van der Waals surface area contributed by atoms with Crippen LogP contribution in [0.5, 0.6) is 0 Å². The molecule has 4 aliphatic heterocycles. The Morgan fingerprint density at radius 1 is 0.500 bits per heavy atom. The summed E-state index contributed by atoms with van der Waals surface area (Å²) in [6.45, 7) is -2.39. The second kappa shape index (κ2) is 16.8. The van der Waals surface area contributed by atoms with E-state index in [0.29, 0.717) is 0 Å². The molecule has 1 amide bonds. The number of nitrogens with one attached hydrogen (secondary N) is 1. The lowest BCUT2D eigenvalue weighted by Crippen LogP contribution is -2.70. The minimum Gasteiger partial charge on any atom is -0.394 e. The minimum absolute atomic E-state index is 0.764. The Labute approximate surface area is 272 Å². The molecule has 4 heterocycles. The van der Waals surface area contributed by atoms with Gasteiger partial charge in [0.05, 0.1) is 26.4 Å². The zero-order valence-corrected chi connectivity index (χ0v) is 25.5. The van der Waals surface area contributed by atoms with Crippen molar-refractivity contribution in [1.82, 2.24) is 5.32 Å². The number of ether oxygens (including phenoxy) is 7. The van der Waals surface area contributed by atoms with E-state index in [1.54, 1.807) is 0 Å². The predicted octanol–water partition coefficient (Wildman–Crippen LogP) is -9.61. The van der Waals surface area contributed by atoms with E-state index >= 15 is 0 Å². The number of hydrogen-bond acceptors (Lipinski definition) is 21. The molecule has 0 bridgehead atoms. The van der Waals surface area contributed by atoms with Crippen LogP contribution in [0.1, 0.15) is 6.92 Å². The van der Waals surface area contributed by atoms with Gasteiger partial charge >= 0.3 is 0 Å². The zero-order valence-electron chi connectivity index (χ0n) is 25.5. The zero-order chi connectivity index (χ0) is 35.6. The number of aliphatic hydroxyl groups is 13. The first kappa shape index (κ1) is 39.5. The molecule has 1 unspecified atom stereocenters. The molecule has 22 nitrogen and oxygen atoms in total. The molecule has 4 saturated heterocycles. The lowest BCUT2D eigenvalue weighted by molar-refractivity contribution is -0.379. The molecule has 280 valence electrons. The van der Waals surface area contributed by atoms with Crippen molar-refractivity contribution in [3.8, 4) is 0 Å². The Kier molecular flexibility index (Phi) is 13.8. The second-order valence-corrected chi connectivity index (χ2v) is 11.9. The predicted molar refractivity (Wildman–Crippen MR) is 145 cm³/mol. The fourth-order valence-electron chi connectivity index (χ4n) is 5.93. The van der Waals surface area contributed by atoms with Crippen LogP contribution < -0.4 is 5.32 Å². The van der Waals surface area contributed by atoms with Gasteiger partial charge in [0.15, 0.2) is 25.2 Å². The summed E-state index contributed by atoms with van der Waals surface area (Å²) in [6, 6.07) is -1.60. The van der Waals surface area contributed by atoms with E-state index < -0.39 is 155 Å². The Bertz CT molecular complexity index is 1030. The van der Waals surface area contributed by atoms with Gasteiger partial charge in [-0.2, -0.15) is 0 Å². The van der Waals surface area contributed by atoms with Gasteiger partial charge in [0.2, 0.25) is 5.91 Å². The highest BCUT2D eigenvalue weighted by Crippen LogP contribution is 2.34. The summed E-state index contributed by atoms with van der Waals surface area (Å²) in [5.41, 5.74) is 0. The van der Waals surface area contributed by atoms with Crippen molar-refractivity contribution < 1.29 is 104 Å². The molecular formula is C26H45NO21. The van der Waals surface area contributed by atoms with Crippen molar-refractivity contribution in [3.63, 3.8) is 0 Å². The fourth-order valence-corrected chi connectivity index (χ4v) is 5.93. The number of rotatable bonds is 11. The van der Waals surface area contributed by atoms with Crippen LogP contribution in [0.4, 0.5) is 0 Å². The van der Waals surface area contributed by atoms with Crippen molar-refractivity contribution >= 4 is 5.91 Å². The molecule has 0 spiro atoms. The third-order valence-corrected chi connectivity index (χ3v) is 8.61. The van der Waals surface area contributed by atoms with Crippen molar-refractivity contribution in [2.45, 2.75) is 130 Å². The summed E-state index contributed by atoms with van der Waals surface area (Å²) in [5, 5.41) is 136. The van der Waals surface area contributed by atoms with Gasteiger partial charge in [-0.05, 0) is 0 Å². The maximum atomic E-state index is 12.3. The summed E-state index contributed by atoms with van der Waals surface area (Å²) in [5.74, 6) is -0.764. The number of carbonyl (C=O) groups excluding carboxylic acids is 1. The van der Waals surface area contributed by atoms with Crippen LogP contribution in [0.15, 0.2) is 0 Å². The molecule has 4 rings (SSSR count). The van der Waals surface area contributed by atoms with Gasteiger partial charge in [-0.3, -0.25) is 4.79 Å². The van der Waals surface area contributed by atoms with Gasteiger partial charge in [-0.1, -0.05) is 0 Å². The van der Waals surface area contributed by atoms with Gasteiger partial charge in [-0.15, -0.1) is 0 Å². The molecule has 0 aromatic rings. The topological polar surface area (TPSA) is 357 Å². The SMILES string of the molecule is CC(=O)N[C@H]1[C@H](O[C@H]2[C@@H](O)[C@@H](CO)OC(O)[C@@H]2O)O[C@H](CO)[C@@H](O)[C@@H]1O[C@@H]1O[C@H](CO)[C@H](O)[C@H](O[C@H]2O[C@H](CO)[C@H](O)[C@H](O)[C@H]2O)[C@H]1O. The highest BCUT2D eigenvalue weighted by molar-refractivity contribution is 5.73. The van der Waals surface area contributed by atoms with Crippen LogP contribution in [-0.4, -0.2) is 221 Å². The molecule has 22 heteroatoms. The van der Waals surface area contributed by atoms with Crippen molar-refractivity contribution in [1.29, 1.82) is 0 Å². The molecule has 20 atom stereocenters. The van der Waals surface area contributed by atoms with E-state index in [2.05, 4.69) is 5.32 Å². The molecule has 4 fully saturated rings. The molecule has 14 N–H and O–H groups in total. The number of amides is 1. The van der Waals surface area contributed by atoms with E-state index in [9.17, 15) is 71.2 Å². The smallest absolute Gasteiger partial charge is 0.217 e. The monoisotopic (exact) mass is 707 g/mol. The Balaban J connectivity index is 1.61. The second-order valence-electron chi connectivity index (χ2n) is 11.9. The van der Waals surface area contributed by atoms with E-state index in [-0.39, 0.29) is 0 Å². The maximum Gasteiger partial charge on any atom is 0.217 e. The van der Waals surface area contributed by atoms with Crippen LogP contribution in [0, 0.1) is 0 Å². The average Bonchev–Trinajstić information content (AvgIpc) is 3.06. The van der Waals surface area contributed by atoms with E-state index in [0.717, 1.165) is 6.92 Å². The van der Waals surface area contributed by atoms with Gasteiger partial charge in [-0.25, -0.2) is 0 Å². The number of carbonyl (C=O) groups is 1. The van der Waals surface area contributed by atoms with Gasteiger partial charge in [0, 0.05) is 6.92 Å². The molecule has 4 aliphatic rings.